The summed E-state index contributed by atoms with van der Waals surface area (Å²) >= 11 is 7.01. The van der Waals surface area contributed by atoms with Crippen molar-refractivity contribution < 1.29 is 4.74 Å². The van der Waals surface area contributed by atoms with Gasteiger partial charge in [-0.3, -0.25) is 0 Å². The van der Waals surface area contributed by atoms with Crippen molar-refractivity contribution in [2.45, 2.75) is 13.0 Å². The highest BCUT2D eigenvalue weighted by atomic mass is 79.9. The fourth-order valence-electron chi connectivity index (χ4n) is 1.89. The lowest BCUT2D eigenvalue weighted by Gasteiger charge is -2.17. The Kier molecular flexibility index (Phi) is 5.66. The monoisotopic (exact) mass is 408 g/mol. The highest BCUT2D eigenvalue weighted by Gasteiger charge is 2.08. The Morgan fingerprint density at radius 2 is 1.90 bits per heavy atom. The van der Waals surface area contributed by atoms with Crippen LogP contribution in [0.3, 0.4) is 0 Å². The van der Waals surface area contributed by atoms with Crippen molar-refractivity contribution in [3.05, 3.63) is 57.0 Å². The lowest BCUT2D eigenvalue weighted by molar-refractivity contribution is 0.368. The molecule has 108 valence electrons. The maximum Gasteiger partial charge on any atom is 0.174 e. The maximum absolute atomic E-state index is 8.49. The molecule has 0 spiro atoms. The summed E-state index contributed by atoms with van der Waals surface area (Å²) in [5.74, 6) is 0.705. The summed E-state index contributed by atoms with van der Waals surface area (Å²) in [5.41, 5.74) is 2.17. The average molecular weight is 410 g/mol. The van der Waals surface area contributed by atoms with Crippen molar-refractivity contribution >= 4 is 37.5 Å². The van der Waals surface area contributed by atoms with Crippen LogP contribution < -0.4 is 10.1 Å². The number of hydrogen-bond acceptors (Lipinski definition) is 3. The summed E-state index contributed by atoms with van der Waals surface area (Å²) < 4.78 is 7.30. The molecule has 0 fully saturated rings. The van der Waals surface area contributed by atoms with Gasteiger partial charge in [-0.15, -0.1) is 0 Å². The van der Waals surface area contributed by atoms with Gasteiger partial charge in [0.15, 0.2) is 6.61 Å². The van der Waals surface area contributed by atoms with E-state index in [0.717, 1.165) is 20.2 Å². The third-order valence-electron chi connectivity index (χ3n) is 2.98. The van der Waals surface area contributed by atoms with Crippen LogP contribution in [0, 0.1) is 11.3 Å². The molecule has 0 radical (unpaired) electrons. The Hall–Kier alpha value is -1.51. The normalized spacial score (nSPS) is 11.5. The molecule has 1 N–H and O–H groups in total. The molecule has 2 rings (SSSR count). The number of benzene rings is 2. The molecule has 0 aliphatic heterocycles. The molecule has 3 nitrogen and oxygen atoms in total. The van der Waals surface area contributed by atoms with Crippen LogP contribution in [0.25, 0.3) is 0 Å². The molecule has 1 atom stereocenters. The largest absolute Gasteiger partial charge is 0.479 e. The van der Waals surface area contributed by atoms with Crippen LogP contribution in [0.5, 0.6) is 5.75 Å². The van der Waals surface area contributed by atoms with Gasteiger partial charge in [0, 0.05) is 15.0 Å². The summed E-state index contributed by atoms with van der Waals surface area (Å²) in [6.45, 7) is 2.16. The topological polar surface area (TPSA) is 45.0 Å². The van der Waals surface area contributed by atoms with Crippen LogP contribution in [0.1, 0.15) is 18.5 Å². The first kappa shape index (κ1) is 15.9. The zero-order chi connectivity index (χ0) is 15.2. The summed E-state index contributed by atoms with van der Waals surface area (Å²) in [4.78, 5) is 0. The van der Waals surface area contributed by atoms with Gasteiger partial charge < -0.3 is 10.1 Å². The molecular weight excluding hydrogens is 396 g/mol. The zero-order valence-corrected chi connectivity index (χ0v) is 14.6. The van der Waals surface area contributed by atoms with Crippen LogP contribution in [0.4, 0.5) is 5.69 Å². The number of nitriles is 1. The first-order valence-corrected chi connectivity index (χ1v) is 8.00. The summed E-state index contributed by atoms with van der Waals surface area (Å²) in [7, 11) is 0. The molecule has 0 saturated carbocycles. The lowest BCUT2D eigenvalue weighted by atomic mass is 10.1. The molecule has 0 aromatic heterocycles. The molecule has 5 heteroatoms. The van der Waals surface area contributed by atoms with E-state index in [2.05, 4.69) is 44.1 Å². The molecule has 1 unspecified atom stereocenters. The van der Waals surface area contributed by atoms with Gasteiger partial charge in [-0.05, 0) is 58.7 Å². The molecule has 0 aliphatic carbocycles. The van der Waals surface area contributed by atoms with Gasteiger partial charge in [0.05, 0.1) is 5.69 Å². The molecule has 0 aliphatic rings. The van der Waals surface area contributed by atoms with Gasteiger partial charge in [0.2, 0.25) is 0 Å². The molecule has 0 bridgehead atoms. The number of rotatable bonds is 5. The van der Waals surface area contributed by atoms with E-state index in [1.807, 2.05) is 48.5 Å². The molecular formula is C16H14Br2N2O. The summed E-state index contributed by atoms with van der Waals surface area (Å²) in [6.07, 6.45) is 0. The van der Waals surface area contributed by atoms with Crippen LogP contribution in [0.2, 0.25) is 0 Å². The van der Waals surface area contributed by atoms with Gasteiger partial charge in [-0.25, -0.2) is 0 Å². The van der Waals surface area contributed by atoms with E-state index in [4.69, 9.17) is 10.00 Å². The quantitative estimate of drug-likeness (QED) is 0.729. The lowest BCUT2D eigenvalue weighted by Crippen LogP contribution is -2.07. The van der Waals surface area contributed by atoms with E-state index in [9.17, 15) is 0 Å². The van der Waals surface area contributed by atoms with Crippen molar-refractivity contribution in [3.63, 3.8) is 0 Å². The highest BCUT2D eigenvalue weighted by molar-refractivity contribution is 9.11. The predicted octanol–water partition coefficient (Wildman–Crippen LogP) is 5.29. The number of halogens is 2. The Morgan fingerprint density at radius 3 is 2.57 bits per heavy atom. The zero-order valence-electron chi connectivity index (χ0n) is 11.4. The van der Waals surface area contributed by atoms with E-state index in [-0.39, 0.29) is 12.6 Å². The SMILES string of the molecule is CC(Nc1cc(Br)ccc1Br)c1ccc(OCC#N)cc1. The fraction of sp³-hybridized carbons (Fsp3) is 0.188. The molecule has 0 heterocycles. The Balaban J connectivity index is 2.08. The number of nitrogens with one attached hydrogen (secondary N) is 1. The van der Waals surface area contributed by atoms with Crippen molar-refractivity contribution in [1.29, 1.82) is 5.26 Å². The van der Waals surface area contributed by atoms with Gasteiger partial charge in [0.1, 0.15) is 11.8 Å². The Bertz CT molecular complexity index is 650. The molecule has 0 saturated heterocycles. The van der Waals surface area contributed by atoms with E-state index in [1.165, 1.54) is 0 Å². The predicted molar refractivity (Wildman–Crippen MR) is 91.4 cm³/mol. The molecule has 2 aromatic carbocycles. The third kappa shape index (κ3) is 4.48. The summed E-state index contributed by atoms with van der Waals surface area (Å²) in [6, 6.07) is 15.9. The van der Waals surface area contributed by atoms with E-state index < -0.39 is 0 Å². The summed E-state index contributed by atoms with van der Waals surface area (Å²) in [5, 5.41) is 11.9. The van der Waals surface area contributed by atoms with Crippen molar-refractivity contribution in [1.82, 2.24) is 0 Å². The van der Waals surface area contributed by atoms with Crippen LogP contribution >= 0.6 is 31.9 Å². The standard InChI is InChI=1S/C16H14Br2N2O/c1-11(20-16-10-13(17)4-7-15(16)18)12-2-5-14(6-3-12)21-9-8-19/h2-7,10-11,20H,9H2,1H3. The van der Waals surface area contributed by atoms with Gasteiger partial charge in [0.25, 0.3) is 0 Å². The first-order valence-electron chi connectivity index (χ1n) is 6.41. The minimum atomic E-state index is 0.0676. The number of hydrogen-bond donors (Lipinski definition) is 1. The van der Waals surface area contributed by atoms with Crippen molar-refractivity contribution in [2.24, 2.45) is 0 Å². The van der Waals surface area contributed by atoms with Crippen LogP contribution in [0.15, 0.2) is 51.4 Å². The Labute approximate surface area is 141 Å². The van der Waals surface area contributed by atoms with E-state index in [0.29, 0.717) is 5.75 Å². The molecule has 2 aromatic rings. The molecule has 0 amide bonds. The fourth-order valence-corrected chi connectivity index (χ4v) is 2.62. The third-order valence-corrected chi connectivity index (χ3v) is 4.17. The number of nitrogens with zero attached hydrogens (tertiary/aromatic N) is 1. The second-order valence-electron chi connectivity index (χ2n) is 4.51. The van der Waals surface area contributed by atoms with Crippen LogP contribution in [-0.4, -0.2) is 6.61 Å². The number of anilines is 1. The smallest absolute Gasteiger partial charge is 0.174 e. The maximum atomic E-state index is 8.49. The van der Waals surface area contributed by atoms with Crippen molar-refractivity contribution in [3.8, 4) is 11.8 Å². The highest BCUT2D eigenvalue weighted by Crippen LogP contribution is 2.29. The second-order valence-corrected chi connectivity index (χ2v) is 6.28. The van der Waals surface area contributed by atoms with Gasteiger partial charge in [-0.1, -0.05) is 28.1 Å². The number of ether oxygens (including phenoxy) is 1. The van der Waals surface area contributed by atoms with E-state index >= 15 is 0 Å². The second kappa shape index (κ2) is 7.48. The minimum Gasteiger partial charge on any atom is -0.479 e. The first-order chi connectivity index (χ1) is 10.1. The van der Waals surface area contributed by atoms with E-state index in [1.54, 1.807) is 0 Å². The Morgan fingerprint density at radius 1 is 1.19 bits per heavy atom. The minimum absolute atomic E-state index is 0.0676. The van der Waals surface area contributed by atoms with Crippen LogP contribution in [-0.2, 0) is 0 Å². The van der Waals surface area contributed by atoms with Gasteiger partial charge >= 0.3 is 0 Å². The molecule has 21 heavy (non-hydrogen) atoms. The van der Waals surface area contributed by atoms with Gasteiger partial charge in [-0.2, -0.15) is 5.26 Å². The van der Waals surface area contributed by atoms with Crippen molar-refractivity contribution in [2.75, 3.05) is 11.9 Å². The average Bonchev–Trinajstić information content (AvgIpc) is 2.49.